The van der Waals surface area contributed by atoms with Crippen molar-refractivity contribution in [3.05, 3.63) is 48.3 Å². The third-order valence-electron chi connectivity index (χ3n) is 3.67. The van der Waals surface area contributed by atoms with Crippen LogP contribution >= 0.6 is 0 Å². The molecule has 2 amide bonds. The number of anilines is 1. The van der Waals surface area contributed by atoms with Crippen molar-refractivity contribution in [2.24, 2.45) is 7.05 Å². The molecule has 1 N–H and O–H groups in total. The number of aromatic nitrogens is 2. The molecule has 120 valence electrons. The van der Waals surface area contributed by atoms with Crippen molar-refractivity contribution in [2.45, 2.75) is 12.6 Å². The van der Waals surface area contributed by atoms with Crippen molar-refractivity contribution in [2.75, 3.05) is 18.5 Å². The minimum Gasteiger partial charge on any atom is -0.369 e. The van der Waals surface area contributed by atoms with Gasteiger partial charge >= 0.3 is 0 Å². The summed E-state index contributed by atoms with van der Waals surface area (Å²) < 4.78 is 6.85. The molecule has 1 aliphatic heterocycles. The fourth-order valence-corrected chi connectivity index (χ4v) is 2.51. The molecule has 1 aromatic heterocycles. The number of hydrogen-bond donors (Lipinski definition) is 1. The molecular formula is C16H18N4O3. The lowest BCUT2D eigenvalue weighted by atomic mass is 10.1. The number of nitrogens with one attached hydrogen (secondary N) is 1. The molecule has 0 radical (unpaired) electrons. The van der Waals surface area contributed by atoms with Crippen LogP contribution in [0.3, 0.4) is 0 Å². The van der Waals surface area contributed by atoms with E-state index in [2.05, 4.69) is 10.4 Å². The highest BCUT2D eigenvalue weighted by Crippen LogP contribution is 2.15. The second-order valence-electron chi connectivity index (χ2n) is 5.43. The smallest absolute Gasteiger partial charge is 0.249 e. The van der Waals surface area contributed by atoms with Crippen molar-refractivity contribution in [1.29, 1.82) is 0 Å². The molecule has 2 heterocycles. The van der Waals surface area contributed by atoms with Crippen LogP contribution in [0.2, 0.25) is 0 Å². The Bertz CT molecular complexity index is 698. The number of nitrogens with zero attached hydrogens (tertiary/aromatic N) is 3. The van der Waals surface area contributed by atoms with Crippen LogP contribution in [0.25, 0.3) is 0 Å². The van der Waals surface area contributed by atoms with Crippen LogP contribution in [-0.4, -0.2) is 45.8 Å². The summed E-state index contributed by atoms with van der Waals surface area (Å²) in [5.74, 6) is -0.464. The average molecular weight is 314 g/mol. The minimum atomic E-state index is -0.656. The van der Waals surface area contributed by atoms with E-state index >= 15 is 0 Å². The third-order valence-corrected chi connectivity index (χ3v) is 3.67. The molecule has 1 aliphatic rings. The molecule has 23 heavy (non-hydrogen) atoms. The van der Waals surface area contributed by atoms with E-state index in [0.29, 0.717) is 12.2 Å². The first-order chi connectivity index (χ1) is 11.1. The van der Waals surface area contributed by atoms with E-state index in [1.807, 2.05) is 30.3 Å². The van der Waals surface area contributed by atoms with Gasteiger partial charge in [0.2, 0.25) is 11.8 Å². The molecule has 7 nitrogen and oxygen atoms in total. The molecule has 0 bridgehead atoms. The number of amides is 2. The topological polar surface area (TPSA) is 76.5 Å². The Labute approximate surface area is 133 Å². The summed E-state index contributed by atoms with van der Waals surface area (Å²) in [7, 11) is 1.77. The van der Waals surface area contributed by atoms with E-state index in [1.165, 1.54) is 0 Å². The molecular weight excluding hydrogens is 296 g/mol. The Hall–Kier alpha value is -2.67. The number of aryl methyl sites for hydroxylation is 1. The predicted octanol–water partition coefficient (Wildman–Crippen LogP) is 0.786. The third kappa shape index (κ3) is 3.57. The van der Waals surface area contributed by atoms with Gasteiger partial charge in [-0.1, -0.05) is 30.3 Å². The number of ether oxygens (including phenoxy) is 1. The van der Waals surface area contributed by atoms with Crippen LogP contribution in [0.4, 0.5) is 5.69 Å². The Balaban J connectivity index is 1.74. The fourth-order valence-electron chi connectivity index (χ4n) is 2.51. The first-order valence-corrected chi connectivity index (χ1v) is 7.34. The van der Waals surface area contributed by atoms with Gasteiger partial charge in [-0.3, -0.25) is 14.3 Å². The van der Waals surface area contributed by atoms with Crippen LogP contribution in [0, 0.1) is 0 Å². The van der Waals surface area contributed by atoms with Gasteiger partial charge in [0.25, 0.3) is 0 Å². The van der Waals surface area contributed by atoms with Crippen LogP contribution < -0.4 is 5.32 Å². The van der Waals surface area contributed by atoms with Gasteiger partial charge in [-0.25, -0.2) is 0 Å². The van der Waals surface area contributed by atoms with E-state index in [9.17, 15) is 9.59 Å². The molecule has 1 aromatic carbocycles. The van der Waals surface area contributed by atoms with Gasteiger partial charge in [-0.15, -0.1) is 0 Å². The first kappa shape index (κ1) is 15.2. The highest BCUT2D eigenvalue weighted by Gasteiger charge is 2.34. The molecule has 1 atom stereocenters. The van der Waals surface area contributed by atoms with Crippen LogP contribution in [0.1, 0.15) is 5.56 Å². The summed E-state index contributed by atoms with van der Waals surface area (Å²) in [5.41, 5.74) is 1.57. The lowest BCUT2D eigenvalue weighted by Crippen LogP contribution is -2.54. The summed E-state index contributed by atoms with van der Waals surface area (Å²) in [4.78, 5) is 26.2. The monoisotopic (exact) mass is 314 g/mol. The van der Waals surface area contributed by atoms with E-state index in [4.69, 9.17) is 4.74 Å². The Morgan fingerprint density at radius 3 is 2.87 bits per heavy atom. The normalized spacial score (nSPS) is 18.0. The molecule has 2 aromatic rings. The van der Waals surface area contributed by atoms with Gasteiger partial charge in [0.1, 0.15) is 12.6 Å². The SMILES string of the molecule is Cn1cc(NC(=O)[C@@H]2COCC(=O)N2Cc2ccccc2)cn1. The molecule has 3 rings (SSSR count). The number of carbonyl (C=O) groups excluding carboxylic acids is 2. The zero-order valence-electron chi connectivity index (χ0n) is 12.8. The average Bonchev–Trinajstić information content (AvgIpc) is 2.95. The maximum Gasteiger partial charge on any atom is 0.249 e. The quantitative estimate of drug-likeness (QED) is 0.905. The molecule has 1 fully saturated rings. The second kappa shape index (κ2) is 6.62. The largest absolute Gasteiger partial charge is 0.369 e. The number of morpholine rings is 1. The minimum absolute atomic E-state index is 0.00348. The summed E-state index contributed by atoms with van der Waals surface area (Å²) in [6, 6.07) is 8.93. The van der Waals surface area contributed by atoms with Crippen LogP contribution in [0.5, 0.6) is 0 Å². The zero-order chi connectivity index (χ0) is 16.2. The van der Waals surface area contributed by atoms with Gasteiger partial charge in [0, 0.05) is 19.8 Å². The highest BCUT2D eigenvalue weighted by atomic mass is 16.5. The number of benzene rings is 1. The maximum atomic E-state index is 12.5. The Morgan fingerprint density at radius 1 is 1.39 bits per heavy atom. The van der Waals surface area contributed by atoms with Crippen molar-refractivity contribution < 1.29 is 14.3 Å². The first-order valence-electron chi connectivity index (χ1n) is 7.34. The molecule has 0 spiro atoms. The number of hydrogen-bond acceptors (Lipinski definition) is 4. The number of carbonyl (C=O) groups is 2. The summed E-state index contributed by atoms with van der Waals surface area (Å²) in [6.07, 6.45) is 3.26. The van der Waals surface area contributed by atoms with Crippen molar-refractivity contribution >= 4 is 17.5 Å². The van der Waals surface area contributed by atoms with E-state index in [1.54, 1.807) is 29.0 Å². The molecule has 0 saturated carbocycles. The van der Waals surface area contributed by atoms with Crippen LogP contribution in [0.15, 0.2) is 42.7 Å². The molecule has 1 saturated heterocycles. The number of rotatable bonds is 4. The fraction of sp³-hybridized carbons (Fsp3) is 0.312. The molecule has 0 unspecified atom stereocenters. The van der Waals surface area contributed by atoms with Crippen molar-refractivity contribution in [3.8, 4) is 0 Å². The Morgan fingerprint density at radius 2 is 2.17 bits per heavy atom. The highest BCUT2D eigenvalue weighted by molar-refractivity contribution is 5.97. The van der Waals surface area contributed by atoms with Crippen molar-refractivity contribution in [1.82, 2.24) is 14.7 Å². The van der Waals surface area contributed by atoms with Gasteiger partial charge in [0.15, 0.2) is 0 Å². The molecule has 7 heteroatoms. The van der Waals surface area contributed by atoms with E-state index in [0.717, 1.165) is 5.56 Å². The molecule has 0 aliphatic carbocycles. The van der Waals surface area contributed by atoms with Crippen molar-refractivity contribution in [3.63, 3.8) is 0 Å². The standard InChI is InChI=1S/C16H18N4O3/c1-19-9-13(7-17-19)18-16(22)14-10-23-11-15(21)20(14)8-12-5-3-2-4-6-12/h2-7,9,14H,8,10-11H2,1H3,(H,18,22)/t14-/m0/s1. The predicted molar refractivity (Wildman–Crippen MR) is 83.4 cm³/mol. The maximum absolute atomic E-state index is 12.5. The van der Waals surface area contributed by atoms with Crippen LogP contribution in [-0.2, 0) is 27.9 Å². The second-order valence-corrected chi connectivity index (χ2v) is 5.43. The van der Waals surface area contributed by atoms with E-state index in [-0.39, 0.29) is 25.0 Å². The van der Waals surface area contributed by atoms with E-state index < -0.39 is 6.04 Å². The summed E-state index contributed by atoms with van der Waals surface area (Å²) in [5, 5.41) is 6.78. The summed E-state index contributed by atoms with van der Waals surface area (Å²) in [6.45, 7) is 0.572. The van der Waals surface area contributed by atoms with Gasteiger partial charge < -0.3 is 15.0 Å². The van der Waals surface area contributed by atoms with Gasteiger partial charge in [-0.05, 0) is 5.56 Å². The lowest BCUT2D eigenvalue weighted by molar-refractivity contribution is -0.154. The lowest BCUT2D eigenvalue weighted by Gasteiger charge is -2.34. The Kier molecular flexibility index (Phi) is 4.38. The zero-order valence-corrected chi connectivity index (χ0v) is 12.8. The van der Waals surface area contributed by atoms with Gasteiger partial charge in [0.05, 0.1) is 18.5 Å². The van der Waals surface area contributed by atoms with Gasteiger partial charge in [-0.2, -0.15) is 5.10 Å². The summed E-state index contributed by atoms with van der Waals surface area (Å²) >= 11 is 0.